The largest absolute Gasteiger partial charge is 0.497 e. The highest BCUT2D eigenvalue weighted by molar-refractivity contribution is 5.27. The first-order valence-corrected chi connectivity index (χ1v) is 9.03. The number of rotatable bonds is 8. The Hall–Kier alpha value is -1.88. The van der Waals surface area contributed by atoms with Crippen LogP contribution >= 0.6 is 0 Å². The van der Waals surface area contributed by atoms with E-state index >= 15 is 0 Å². The number of hydrogen-bond acceptors (Lipinski definition) is 4. The van der Waals surface area contributed by atoms with Gasteiger partial charge in [0.05, 0.1) is 20.3 Å². The topological polar surface area (TPSA) is 24.9 Å². The molecule has 0 aromatic heterocycles. The molecule has 0 radical (unpaired) electrons. The van der Waals surface area contributed by atoms with Crippen LogP contribution in [0.1, 0.15) is 11.1 Å². The first-order chi connectivity index (χ1) is 12.3. The summed E-state index contributed by atoms with van der Waals surface area (Å²) in [6.45, 7) is 7.87. The molecule has 0 amide bonds. The van der Waals surface area contributed by atoms with Crippen molar-refractivity contribution in [3.05, 3.63) is 65.7 Å². The van der Waals surface area contributed by atoms with Crippen LogP contribution in [0.2, 0.25) is 0 Å². The molecule has 0 aliphatic carbocycles. The van der Waals surface area contributed by atoms with Crippen molar-refractivity contribution in [1.29, 1.82) is 0 Å². The van der Waals surface area contributed by atoms with E-state index < -0.39 is 0 Å². The van der Waals surface area contributed by atoms with Crippen LogP contribution in [0, 0.1) is 0 Å². The molecule has 2 aromatic rings. The highest BCUT2D eigenvalue weighted by Crippen LogP contribution is 2.15. The van der Waals surface area contributed by atoms with E-state index in [9.17, 15) is 0 Å². The van der Waals surface area contributed by atoms with Crippen LogP contribution in [0.15, 0.2) is 54.6 Å². The van der Waals surface area contributed by atoms with E-state index in [1.165, 1.54) is 11.1 Å². The van der Waals surface area contributed by atoms with Crippen molar-refractivity contribution in [2.24, 2.45) is 0 Å². The van der Waals surface area contributed by atoms with E-state index in [1.807, 2.05) is 12.1 Å². The fourth-order valence-electron chi connectivity index (χ4n) is 3.15. The highest BCUT2D eigenvalue weighted by atomic mass is 16.5. The van der Waals surface area contributed by atoms with Crippen LogP contribution in [0.3, 0.4) is 0 Å². The minimum Gasteiger partial charge on any atom is -0.497 e. The van der Waals surface area contributed by atoms with Crippen LogP contribution in [0.4, 0.5) is 0 Å². The summed E-state index contributed by atoms with van der Waals surface area (Å²) in [5.41, 5.74) is 2.68. The maximum Gasteiger partial charge on any atom is 0.118 e. The Kier molecular flexibility index (Phi) is 6.86. The summed E-state index contributed by atoms with van der Waals surface area (Å²) in [4.78, 5) is 5.02. The van der Waals surface area contributed by atoms with Gasteiger partial charge < -0.3 is 9.47 Å². The van der Waals surface area contributed by atoms with Gasteiger partial charge >= 0.3 is 0 Å². The van der Waals surface area contributed by atoms with Gasteiger partial charge in [0.2, 0.25) is 0 Å². The van der Waals surface area contributed by atoms with Crippen LogP contribution in [-0.2, 0) is 17.8 Å². The van der Waals surface area contributed by atoms with Crippen LogP contribution in [-0.4, -0.2) is 56.3 Å². The number of morpholine rings is 1. The molecule has 1 aliphatic heterocycles. The van der Waals surface area contributed by atoms with Gasteiger partial charge in [0, 0.05) is 39.3 Å². The molecule has 1 aliphatic rings. The fraction of sp³-hybridized carbons (Fsp3) is 0.429. The second-order valence-electron chi connectivity index (χ2n) is 6.50. The lowest BCUT2D eigenvalue weighted by atomic mass is 10.1. The highest BCUT2D eigenvalue weighted by Gasteiger charge is 2.13. The molecule has 0 spiro atoms. The van der Waals surface area contributed by atoms with Gasteiger partial charge in [-0.15, -0.1) is 0 Å². The molecular weight excluding hydrogens is 312 g/mol. The lowest BCUT2D eigenvalue weighted by Gasteiger charge is -2.30. The predicted octanol–water partition coefficient (Wildman–Crippen LogP) is 3.03. The zero-order valence-electron chi connectivity index (χ0n) is 15.1. The van der Waals surface area contributed by atoms with E-state index in [0.29, 0.717) is 0 Å². The number of ether oxygens (including phenoxy) is 2. The van der Waals surface area contributed by atoms with Crippen molar-refractivity contribution in [1.82, 2.24) is 9.80 Å². The molecule has 0 bridgehead atoms. The molecule has 0 unspecified atom stereocenters. The summed E-state index contributed by atoms with van der Waals surface area (Å²) in [6, 6.07) is 19.1. The number of methoxy groups -OCH3 is 1. The molecule has 0 N–H and O–H groups in total. The van der Waals surface area contributed by atoms with Gasteiger partial charge in [0.25, 0.3) is 0 Å². The average molecular weight is 340 g/mol. The molecule has 1 heterocycles. The summed E-state index contributed by atoms with van der Waals surface area (Å²) in [5, 5.41) is 0. The normalized spacial score (nSPS) is 15.4. The van der Waals surface area contributed by atoms with Crippen molar-refractivity contribution in [3.63, 3.8) is 0 Å². The standard InChI is InChI=1S/C21H28N2O2/c1-24-21-9-7-20(8-10-21)18-23(17-19-5-3-2-4-6-19)12-11-22-13-15-25-16-14-22/h2-10H,11-18H2,1H3. The van der Waals surface area contributed by atoms with E-state index in [1.54, 1.807) is 7.11 Å². The number of benzene rings is 2. The third-order valence-electron chi connectivity index (χ3n) is 4.65. The van der Waals surface area contributed by atoms with Crippen molar-refractivity contribution in [3.8, 4) is 5.75 Å². The van der Waals surface area contributed by atoms with Crippen molar-refractivity contribution in [2.75, 3.05) is 46.5 Å². The molecule has 134 valence electrons. The Morgan fingerprint density at radius 1 is 0.920 bits per heavy atom. The van der Waals surface area contributed by atoms with E-state index in [-0.39, 0.29) is 0 Å². The van der Waals surface area contributed by atoms with Gasteiger partial charge in [-0.2, -0.15) is 0 Å². The van der Waals surface area contributed by atoms with E-state index in [0.717, 1.165) is 58.2 Å². The second-order valence-corrected chi connectivity index (χ2v) is 6.50. The second kappa shape index (κ2) is 9.56. The first kappa shape index (κ1) is 17.9. The Morgan fingerprint density at radius 3 is 2.20 bits per heavy atom. The van der Waals surface area contributed by atoms with Crippen LogP contribution in [0.5, 0.6) is 5.75 Å². The summed E-state index contributed by atoms with van der Waals surface area (Å²) >= 11 is 0. The van der Waals surface area contributed by atoms with Gasteiger partial charge in [0.15, 0.2) is 0 Å². The minimum absolute atomic E-state index is 0.858. The van der Waals surface area contributed by atoms with Crippen LogP contribution in [0.25, 0.3) is 0 Å². The average Bonchev–Trinajstić information content (AvgIpc) is 2.68. The third-order valence-corrected chi connectivity index (χ3v) is 4.65. The molecule has 3 rings (SSSR count). The fourth-order valence-corrected chi connectivity index (χ4v) is 3.15. The van der Waals surface area contributed by atoms with E-state index in [2.05, 4.69) is 52.3 Å². The molecule has 0 saturated carbocycles. The van der Waals surface area contributed by atoms with Crippen molar-refractivity contribution >= 4 is 0 Å². The van der Waals surface area contributed by atoms with E-state index in [4.69, 9.17) is 9.47 Å². The van der Waals surface area contributed by atoms with Gasteiger partial charge in [-0.3, -0.25) is 9.80 Å². The van der Waals surface area contributed by atoms with Gasteiger partial charge in [-0.25, -0.2) is 0 Å². The van der Waals surface area contributed by atoms with Crippen molar-refractivity contribution in [2.45, 2.75) is 13.1 Å². The third kappa shape index (κ3) is 5.85. The van der Waals surface area contributed by atoms with Gasteiger partial charge in [-0.05, 0) is 23.3 Å². The predicted molar refractivity (Wildman–Crippen MR) is 101 cm³/mol. The number of hydrogen-bond donors (Lipinski definition) is 0. The Morgan fingerprint density at radius 2 is 1.56 bits per heavy atom. The van der Waals surface area contributed by atoms with Gasteiger partial charge in [0.1, 0.15) is 5.75 Å². The van der Waals surface area contributed by atoms with Crippen molar-refractivity contribution < 1.29 is 9.47 Å². The molecule has 4 nitrogen and oxygen atoms in total. The maximum atomic E-state index is 5.45. The Balaban J connectivity index is 1.62. The Labute approximate surface area is 151 Å². The smallest absolute Gasteiger partial charge is 0.118 e. The summed E-state index contributed by atoms with van der Waals surface area (Å²) in [5.74, 6) is 0.909. The maximum absolute atomic E-state index is 5.45. The minimum atomic E-state index is 0.858. The monoisotopic (exact) mass is 340 g/mol. The summed E-state index contributed by atoms with van der Waals surface area (Å²) in [6.07, 6.45) is 0. The quantitative estimate of drug-likeness (QED) is 0.737. The van der Waals surface area contributed by atoms with Gasteiger partial charge in [-0.1, -0.05) is 42.5 Å². The first-order valence-electron chi connectivity index (χ1n) is 9.03. The van der Waals surface area contributed by atoms with Crippen LogP contribution < -0.4 is 4.74 Å². The molecule has 4 heteroatoms. The lowest BCUT2D eigenvalue weighted by molar-refractivity contribution is 0.0325. The summed E-state index contributed by atoms with van der Waals surface area (Å²) < 4.78 is 10.7. The SMILES string of the molecule is COc1ccc(CN(CCN2CCOCC2)Cc2ccccc2)cc1. The molecule has 1 fully saturated rings. The summed E-state index contributed by atoms with van der Waals surface area (Å²) in [7, 11) is 1.71. The molecule has 0 atom stereocenters. The zero-order valence-corrected chi connectivity index (χ0v) is 15.1. The Bertz CT molecular complexity index is 610. The lowest BCUT2D eigenvalue weighted by Crippen LogP contribution is -2.41. The molecule has 2 aromatic carbocycles. The molecule has 25 heavy (non-hydrogen) atoms. The zero-order chi connectivity index (χ0) is 17.3. The number of nitrogens with zero attached hydrogens (tertiary/aromatic N) is 2. The molecule has 1 saturated heterocycles. The molecular formula is C21H28N2O2.